The highest BCUT2D eigenvalue weighted by molar-refractivity contribution is 5.83. The second-order valence-electron chi connectivity index (χ2n) is 5.02. The molecule has 0 saturated heterocycles. The summed E-state index contributed by atoms with van der Waals surface area (Å²) in [5, 5.41) is 3.09. The molecule has 0 fully saturated rings. The summed E-state index contributed by atoms with van der Waals surface area (Å²) in [5.74, 6) is -0.0687. The molecular weight excluding hydrogens is 236 g/mol. The van der Waals surface area contributed by atoms with Crippen LogP contribution in [0.4, 0.5) is 0 Å². The summed E-state index contributed by atoms with van der Waals surface area (Å²) in [6.07, 6.45) is 5.44. The summed E-state index contributed by atoms with van der Waals surface area (Å²) < 4.78 is 0. The van der Waals surface area contributed by atoms with Crippen molar-refractivity contribution in [1.82, 2.24) is 5.32 Å². The van der Waals surface area contributed by atoms with Gasteiger partial charge in [-0.25, -0.2) is 0 Å². The molecule has 3 heteroatoms. The molecule has 0 aliphatic rings. The van der Waals surface area contributed by atoms with Crippen molar-refractivity contribution in [3.63, 3.8) is 0 Å². The van der Waals surface area contributed by atoms with Gasteiger partial charge in [-0.3, -0.25) is 4.79 Å². The van der Waals surface area contributed by atoms with Crippen LogP contribution in [0.2, 0.25) is 0 Å². The van der Waals surface area contributed by atoms with Gasteiger partial charge in [0.25, 0.3) is 0 Å². The number of hydrogen-bond acceptors (Lipinski definition) is 2. The van der Waals surface area contributed by atoms with E-state index in [-0.39, 0.29) is 11.9 Å². The van der Waals surface area contributed by atoms with Gasteiger partial charge in [0.15, 0.2) is 0 Å². The van der Waals surface area contributed by atoms with Crippen LogP contribution in [0.1, 0.15) is 57.6 Å². The van der Waals surface area contributed by atoms with Crippen LogP contribution in [0.25, 0.3) is 0 Å². The molecule has 1 amide bonds. The molecule has 2 atom stereocenters. The average molecular weight is 262 g/mol. The van der Waals surface area contributed by atoms with Gasteiger partial charge in [-0.1, -0.05) is 63.4 Å². The molecule has 106 valence electrons. The molecule has 0 saturated carbocycles. The number of nitrogens with two attached hydrogens (primary N) is 1. The Labute approximate surface area is 116 Å². The number of nitrogens with one attached hydrogen (secondary N) is 1. The maximum atomic E-state index is 12.2. The van der Waals surface area contributed by atoms with Crippen molar-refractivity contribution in [3.8, 4) is 0 Å². The van der Waals surface area contributed by atoms with Gasteiger partial charge in [-0.2, -0.15) is 0 Å². The van der Waals surface area contributed by atoms with Gasteiger partial charge in [-0.15, -0.1) is 0 Å². The number of carbonyl (C=O) groups excluding carboxylic acids is 1. The van der Waals surface area contributed by atoms with E-state index in [0.29, 0.717) is 0 Å². The predicted octanol–water partition coefficient (Wildman–Crippen LogP) is 3.16. The highest BCUT2D eigenvalue weighted by Gasteiger charge is 2.18. The van der Waals surface area contributed by atoms with E-state index in [1.165, 1.54) is 0 Å². The first-order valence-corrected chi connectivity index (χ1v) is 7.29. The van der Waals surface area contributed by atoms with Crippen LogP contribution in [0.15, 0.2) is 30.3 Å². The van der Waals surface area contributed by atoms with E-state index in [9.17, 15) is 4.79 Å². The minimum absolute atomic E-state index is 0.0687. The summed E-state index contributed by atoms with van der Waals surface area (Å²) in [5.41, 5.74) is 6.87. The third-order valence-corrected chi connectivity index (χ3v) is 3.33. The Balaban J connectivity index is 2.55. The van der Waals surface area contributed by atoms with Crippen molar-refractivity contribution in [2.24, 2.45) is 5.73 Å². The van der Waals surface area contributed by atoms with Crippen molar-refractivity contribution in [2.45, 2.75) is 58.0 Å². The maximum Gasteiger partial charge on any atom is 0.241 e. The third kappa shape index (κ3) is 5.43. The van der Waals surface area contributed by atoms with Crippen molar-refractivity contribution >= 4 is 5.91 Å². The van der Waals surface area contributed by atoms with Crippen molar-refractivity contribution in [3.05, 3.63) is 35.9 Å². The minimum atomic E-state index is -0.567. The van der Waals surface area contributed by atoms with E-state index in [1.54, 1.807) is 0 Å². The molecule has 3 nitrogen and oxygen atoms in total. The molecule has 1 unspecified atom stereocenters. The van der Waals surface area contributed by atoms with Gasteiger partial charge in [0.1, 0.15) is 6.04 Å². The smallest absolute Gasteiger partial charge is 0.241 e. The molecule has 0 bridgehead atoms. The topological polar surface area (TPSA) is 55.1 Å². The second-order valence-corrected chi connectivity index (χ2v) is 5.02. The number of unbranched alkanes of at least 4 members (excludes halogenated alkanes) is 1. The lowest BCUT2D eigenvalue weighted by molar-refractivity contribution is -0.123. The van der Waals surface area contributed by atoms with Crippen molar-refractivity contribution < 1.29 is 4.79 Å². The van der Waals surface area contributed by atoms with Gasteiger partial charge < -0.3 is 11.1 Å². The Morgan fingerprint density at radius 3 is 2.42 bits per heavy atom. The third-order valence-electron chi connectivity index (χ3n) is 3.33. The number of rotatable bonds is 8. The summed E-state index contributed by atoms with van der Waals surface area (Å²) in [6.45, 7) is 4.31. The first-order chi connectivity index (χ1) is 9.19. The van der Waals surface area contributed by atoms with Gasteiger partial charge >= 0.3 is 0 Å². The summed E-state index contributed by atoms with van der Waals surface area (Å²) in [6, 6.07) is 9.21. The summed E-state index contributed by atoms with van der Waals surface area (Å²) in [4.78, 5) is 12.2. The molecule has 19 heavy (non-hydrogen) atoms. The lowest BCUT2D eigenvalue weighted by atomic mass is 10.0. The SMILES string of the molecule is CCCCC(CCC)NC(=O)[C@H](N)c1ccccc1. The Hall–Kier alpha value is -1.35. The number of amides is 1. The first kappa shape index (κ1) is 15.7. The molecule has 0 aliphatic carbocycles. The molecule has 1 aromatic carbocycles. The second kappa shape index (κ2) is 8.70. The van der Waals surface area contributed by atoms with E-state index < -0.39 is 6.04 Å². The van der Waals surface area contributed by atoms with Crippen LogP contribution in [-0.4, -0.2) is 11.9 Å². The lowest BCUT2D eigenvalue weighted by Gasteiger charge is -2.20. The lowest BCUT2D eigenvalue weighted by Crippen LogP contribution is -2.40. The number of hydrogen-bond donors (Lipinski definition) is 2. The monoisotopic (exact) mass is 262 g/mol. The van der Waals surface area contributed by atoms with Gasteiger partial charge in [0.2, 0.25) is 5.91 Å². The van der Waals surface area contributed by atoms with Crippen LogP contribution in [0, 0.1) is 0 Å². The normalized spacial score (nSPS) is 13.8. The van der Waals surface area contributed by atoms with Crippen LogP contribution in [-0.2, 0) is 4.79 Å². The first-order valence-electron chi connectivity index (χ1n) is 7.29. The molecule has 0 aliphatic heterocycles. The zero-order valence-electron chi connectivity index (χ0n) is 12.1. The van der Waals surface area contributed by atoms with Crippen LogP contribution in [0.3, 0.4) is 0 Å². The Morgan fingerprint density at radius 2 is 1.84 bits per heavy atom. The fourth-order valence-corrected chi connectivity index (χ4v) is 2.19. The Bertz CT molecular complexity index is 364. The Kier molecular flexibility index (Phi) is 7.19. The van der Waals surface area contributed by atoms with Crippen molar-refractivity contribution in [2.75, 3.05) is 0 Å². The van der Waals surface area contributed by atoms with E-state index >= 15 is 0 Å². The molecule has 0 radical (unpaired) electrons. The fraction of sp³-hybridized carbons (Fsp3) is 0.562. The molecule has 1 rings (SSSR count). The zero-order valence-corrected chi connectivity index (χ0v) is 12.1. The van der Waals surface area contributed by atoms with Gasteiger partial charge in [0.05, 0.1) is 0 Å². The standard InChI is InChI=1S/C16H26N2O/c1-3-5-12-14(9-4-2)18-16(19)15(17)13-10-7-6-8-11-13/h6-8,10-11,14-15H,3-5,9,12,17H2,1-2H3,(H,18,19)/t14?,15-/m1/s1. The molecule has 1 aromatic rings. The van der Waals surface area contributed by atoms with E-state index in [4.69, 9.17) is 5.73 Å². The maximum absolute atomic E-state index is 12.2. The molecular formula is C16H26N2O. The summed E-state index contributed by atoms with van der Waals surface area (Å²) >= 11 is 0. The molecule has 3 N–H and O–H groups in total. The average Bonchev–Trinajstić information content (AvgIpc) is 2.45. The van der Waals surface area contributed by atoms with Gasteiger partial charge in [-0.05, 0) is 18.4 Å². The molecule has 0 aromatic heterocycles. The van der Waals surface area contributed by atoms with Crippen LogP contribution in [0.5, 0.6) is 0 Å². The van der Waals surface area contributed by atoms with E-state index in [2.05, 4.69) is 19.2 Å². The van der Waals surface area contributed by atoms with Crippen molar-refractivity contribution in [1.29, 1.82) is 0 Å². The van der Waals surface area contributed by atoms with E-state index in [0.717, 1.165) is 37.7 Å². The van der Waals surface area contributed by atoms with Gasteiger partial charge in [0, 0.05) is 6.04 Å². The largest absolute Gasteiger partial charge is 0.352 e. The fourth-order valence-electron chi connectivity index (χ4n) is 2.19. The highest BCUT2D eigenvalue weighted by atomic mass is 16.2. The zero-order chi connectivity index (χ0) is 14.1. The number of benzene rings is 1. The predicted molar refractivity (Wildman–Crippen MR) is 79.7 cm³/mol. The Morgan fingerprint density at radius 1 is 1.16 bits per heavy atom. The molecule has 0 heterocycles. The quantitative estimate of drug-likeness (QED) is 0.756. The number of carbonyl (C=O) groups is 1. The summed E-state index contributed by atoms with van der Waals surface area (Å²) in [7, 11) is 0. The molecule has 0 spiro atoms. The van der Waals surface area contributed by atoms with E-state index in [1.807, 2.05) is 30.3 Å². The van der Waals surface area contributed by atoms with Crippen LogP contribution >= 0.6 is 0 Å². The highest BCUT2D eigenvalue weighted by Crippen LogP contribution is 2.12. The van der Waals surface area contributed by atoms with Crippen LogP contribution < -0.4 is 11.1 Å². The minimum Gasteiger partial charge on any atom is -0.352 e.